The van der Waals surface area contributed by atoms with E-state index in [9.17, 15) is 9.59 Å². The molecule has 1 aliphatic rings. The molecule has 1 heterocycles. The number of aliphatic imine (C=N–C) groups is 1. The number of likely N-dealkylation sites (N-methyl/N-ethyl adjacent to an activating group) is 1. The van der Waals surface area contributed by atoms with Crippen LogP contribution < -0.4 is 4.74 Å². The molecule has 0 aliphatic carbocycles. The summed E-state index contributed by atoms with van der Waals surface area (Å²) in [6, 6.07) is 10.8. The molecule has 7 heteroatoms. The Morgan fingerprint density at radius 2 is 1.84 bits per heavy atom. The molecule has 0 atom stereocenters. The summed E-state index contributed by atoms with van der Waals surface area (Å²) in [5, 5.41) is 0.581. The van der Waals surface area contributed by atoms with Gasteiger partial charge in [0.15, 0.2) is 5.17 Å². The number of thioether (sulfide) groups is 1. The van der Waals surface area contributed by atoms with Crippen LogP contribution in [0.15, 0.2) is 46.3 Å². The van der Waals surface area contributed by atoms with Gasteiger partial charge in [0.2, 0.25) is 0 Å². The molecule has 2 aromatic rings. The number of amides is 1. The lowest BCUT2D eigenvalue weighted by atomic mass is 9.96. The summed E-state index contributed by atoms with van der Waals surface area (Å²) in [6.07, 6.45) is 1.91. The average molecular weight is 439 g/mol. The van der Waals surface area contributed by atoms with Crippen molar-refractivity contribution in [1.29, 1.82) is 0 Å². The van der Waals surface area contributed by atoms with E-state index in [0.717, 1.165) is 22.4 Å². The number of hydrogen-bond acceptors (Lipinski definition) is 6. The van der Waals surface area contributed by atoms with Crippen molar-refractivity contribution >= 4 is 40.6 Å². The Labute approximate surface area is 187 Å². The van der Waals surface area contributed by atoms with Crippen LogP contribution in [0, 0.1) is 6.92 Å². The highest BCUT2D eigenvalue weighted by Gasteiger charge is 2.30. The molecule has 162 valence electrons. The summed E-state index contributed by atoms with van der Waals surface area (Å²) >= 11 is 1.33. The lowest BCUT2D eigenvalue weighted by molar-refractivity contribution is -0.121. The molecule has 1 fully saturated rings. The number of amidine groups is 1. The molecule has 0 unspecified atom stereocenters. The number of aryl methyl sites for hydroxylation is 1. The fourth-order valence-electron chi connectivity index (χ4n) is 3.19. The molecule has 1 aliphatic heterocycles. The predicted octanol–water partition coefficient (Wildman–Crippen LogP) is 5.15. The van der Waals surface area contributed by atoms with Crippen LogP contribution in [0.5, 0.6) is 5.75 Å². The van der Waals surface area contributed by atoms with Gasteiger partial charge in [-0.3, -0.25) is 9.69 Å². The second-order valence-electron chi connectivity index (χ2n) is 7.51. The van der Waals surface area contributed by atoms with Crippen LogP contribution in [0.4, 0.5) is 5.69 Å². The van der Waals surface area contributed by atoms with E-state index in [4.69, 9.17) is 9.47 Å². The molecule has 0 bridgehead atoms. The van der Waals surface area contributed by atoms with Crippen LogP contribution in [0.3, 0.4) is 0 Å². The largest absolute Gasteiger partial charge is 0.496 e. The third kappa shape index (κ3) is 4.82. The lowest BCUT2D eigenvalue weighted by Crippen LogP contribution is -2.23. The third-order valence-corrected chi connectivity index (χ3v) is 6.10. The number of ether oxygens (including phenoxy) is 2. The van der Waals surface area contributed by atoms with E-state index in [1.165, 1.54) is 23.8 Å². The normalized spacial score (nSPS) is 16.5. The molecule has 6 nitrogen and oxygen atoms in total. The Kier molecular flexibility index (Phi) is 6.85. The maximum absolute atomic E-state index is 12.8. The quantitative estimate of drug-likeness (QED) is 0.477. The first-order valence-electron chi connectivity index (χ1n) is 9.88. The van der Waals surface area contributed by atoms with Gasteiger partial charge >= 0.3 is 5.97 Å². The number of benzene rings is 2. The molecular formula is C24H26N2O4S. The van der Waals surface area contributed by atoms with E-state index in [1.807, 2.05) is 19.1 Å². The summed E-state index contributed by atoms with van der Waals surface area (Å²) < 4.78 is 10.2. The third-order valence-electron chi connectivity index (χ3n) is 5.04. The van der Waals surface area contributed by atoms with Gasteiger partial charge in [-0.15, -0.1) is 0 Å². The van der Waals surface area contributed by atoms with Crippen molar-refractivity contribution < 1.29 is 19.1 Å². The topological polar surface area (TPSA) is 68.2 Å². The fraction of sp³-hybridized carbons (Fsp3) is 0.292. The van der Waals surface area contributed by atoms with Gasteiger partial charge in [0, 0.05) is 7.05 Å². The van der Waals surface area contributed by atoms with Gasteiger partial charge in [0.1, 0.15) is 5.75 Å². The minimum atomic E-state index is -0.400. The Morgan fingerprint density at radius 3 is 2.42 bits per heavy atom. The number of carbonyl (C=O) groups is 2. The van der Waals surface area contributed by atoms with Gasteiger partial charge in [-0.25, -0.2) is 9.79 Å². The predicted molar refractivity (Wildman–Crippen MR) is 125 cm³/mol. The van der Waals surface area contributed by atoms with Gasteiger partial charge in [0.05, 0.1) is 30.4 Å². The van der Waals surface area contributed by atoms with Gasteiger partial charge in [-0.2, -0.15) is 0 Å². The highest BCUT2D eigenvalue weighted by atomic mass is 32.2. The number of carbonyl (C=O) groups excluding carboxylic acids is 2. The number of methoxy groups -OCH3 is 2. The monoisotopic (exact) mass is 438 g/mol. The summed E-state index contributed by atoms with van der Waals surface area (Å²) in [5.41, 5.74) is 4.22. The fourth-order valence-corrected chi connectivity index (χ4v) is 4.17. The maximum Gasteiger partial charge on any atom is 0.337 e. The molecule has 0 radical (unpaired) electrons. The van der Waals surface area contributed by atoms with E-state index in [1.54, 1.807) is 38.4 Å². The van der Waals surface area contributed by atoms with Gasteiger partial charge in [0.25, 0.3) is 5.91 Å². The lowest BCUT2D eigenvalue weighted by Gasteiger charge is -2.14. The zero-order chi connectivity index (χ0) is 22.7. The molecule has 0 N–H and O–H groups in total. The number of esters is 1. The summed E-state index contributed by atoms with van der Waals surface area (Å²) in [5.74, 6) is 0.654. The molecular weight excluding hydrogens is 412 g/mol. The van der Waals surface area contributed by atoms with E-state index in [-0.39, 0.29) is 5.91 Å². The molecule has 1 saturated heterocycles. The highest BCUT2D eigenvalue weighted by Crippen LogP contribution is 2.36. The first-order valence-corrected chi connectivity index (χ1v) is 10.7. The van der Waals surface area contributed by atoms with Crippen molar-refractivity contribution in [2.75, 3.05) is 21.3 Å². The van der Waals surface area contributed by atoms with Crippen LogP contribution in [-0.2, 0) is 9.53 Å². The van der Waals surface area contributed by atoms with E-state index >= 15 is 0 Å². The first kappa shape index (κ1) is 22.6. The standard InChI is InChI=1S/C24H26N2O4S/c1-14(2)19-12-17(15(3)11-20(19)29-5)13-21-22(27)26(4)24(31-21)25-18-9-7-16(8-10-18)23(28)30-6/h7-14H,1-6H3/b21-13+,25-24?. The number of rotatable bonds is 5. The van der Waals surface area contributed by atoms with Crippen LogP contribution in [0.2, 0.25) is 0 Å². The Hall–Kier alpha value is -3.06. The van der Waals surface area contributed by atoms with Gasteiger partial charge in [-0.05, 0) is 83.8 Å². The molecule has 3 rings (SSSR count). The molecule has 1 amide bonds. The van der Waals surface area contributed by atoms with Crippen molar-refractivity contribution in [2.24, 2.45) is 4.99 Å². The van der Waals surface area contributed by atoms with E-state index in [2.05, 4.69) is 24.9 Å². The molecule has 0 aromatic heterocycles. The summed E-state index contributed by atoms with van der Waals surface area (Å²) in [7, 11) is 4.72. The SMILES string of the molecule is COC(=O)c1ccc(N=C2S/C(=C/c3cc(C(C)C)c(OC)cc3C)C(=O)N2C)cc1. The molecule has 0 saturated carbocycles. The second kappa shape index (κ2) is 9.39. The Morgan fingerprint density at radius 1 is 1.16 bits per heavy atom. The van der Waals surface area contributed by atoms with E-state index in [0.29, 0.717) is 27.2 Å². The van der Waals surface area contributed by atoms with Crippen LogP contribution in [0.25, 0.3) is 6.08 Å². The van der Waals surface area contributed by atoms with Crippen molar-refractivity contribution in [3.63, 3.8) is 0 Å². The second-order valence-corrected chi connectivity index (χ2v) is 8.52. The van der Waals surface area contributed by atoms with Crippen LogP contribution >= 0.6 is 11.8 Å². The number of hydrogen-bond donors (Lipinski definition) is 0. The van der Waals surface area contributed by atoms with E-state index < -0.39 is 5.97 Å². The summed E-state index contributed by atoms with van der Waals surface area (Å²) in [6.45, 7) is 6.23. The minimum Gasteiger partial charge on any atom is -0.496 e. The highest BCUT2D eigenvalue weighted by molar-refractivity contribution is 8.18. The number of nitrogens with zero attached hydrogens (tertiary/aromatic N) is 2. The van der Waals surface area contributed by atoms with Crippen molar-refractivity contribution in [1.82, 2.24) is 4.90 Å². The molecule has 2 aromatic carbocycles. The summed E-state index contributed by atoms with van der Waals surface area (Å²) in [4.78, 5) is 31.1. The van der Waals surface area contributed by atoms with Crippen molar-refractivity contribution in [3.8, 4) is 5.75 Å². The Bertz CT molecular complexity index is 1070. The first-order chi connectivity index (χ1) is 14.7. The van der Waals surface area contributed by atoms with Gasteiger partial charge < -0.3 is 9.47 Å². The zero-order valence-electron chi connectivity index (χ0n) is 18.6. The molecule has 31 heavy (non-hydrogen) atoms. The average Bonchev–Trinajstić information content (AvgIpc) is 3.02. The molecule has 0 spiro atoms. The van der Waals surface area contributed by atoms with Crippen LogP contribution in [-0.4, -0.2) is 43.2 Å². The smallest absolute Gasteiger partial charge is 0.337 e. The maximum atomic E-state index is 12.8. The Balaban J connectivity index is 1.91. The zero-order valence-corrected chi connectivity index (χ0v) is 19.4. The van der Waals surface area contributed by atoms with Crippen LogP contribution in [0.1, 0.15) is 46.8 Å². The van der Waals surface area contributed by atoms with Crippen molar-refractivity contribution in [2.45, 2.75) is 26.7 Å². The van der Waals surface area contributed by atoms with Gasteiger partial charge in [-0.1, -0.05) is 13.8 Å². The van der Waals surface area contributed by atoms with Crippen molar-refractivity contribution in [3.05, 3.63) is 63.6 Å². The minimum absolute atomic E-state index is 0.101.